The number of rotatable bonds is 7. The molecule has 0 spiro atoms. The molecule has 0 saturated heterocycles. The summed E-state index contributed by atoms with van der Waals surface area (Å²) >= 11 is 0. The van der Waals surface area contributed by atoms with Gasteiger partial charge in [0.2, 0.25) is 0 Å². The first-order valence-corrected chi connectivity index (χ1v) is 8.23. The molecule has 2 rings (SSSR count). The number of hydrogen-bond donors (Lipinski definition) is 4. The highest BCUT2D eigenvalue weighted by atomic mass is 16.5. The molecular formula is C17H27N3O3. The molecule has 2 unspecified atom stereocenters. The second-order valence-electron chi connectivity index (χ2n) is 6.19. The Hall–Kier alpha value is -1.79. The van der Waals surface area contributed by atoms with Crippen LogP contribution in [0.3, 0.4) is 0 Å². The third-order valence-electron chi connectivity index (χ3n) is 4.42. The van der Waals surface area contributed by atoms with Crippen molar-refractivity contribution >= 4 is 11.6 Å². The Bertz CT molecular complexity index is 486. The Balaban J connectivity index is 1.76. The molecule has 1 saturated carbocycles. The van der Waals surface area contributed by atoms with Crippen molar-refractivity contribution in [2.45, 2.75) is 50.7 Å². The van der Waals surface area contributed by atoms with Gasteiger partial charge in [-0.1, -0.05) is 32.1 Å². The minimum atomic E-state index is -1.21. The van der Waals surface area contributed by atoms with Gasteiger partial charge in [0, 0.05) is 6.04 Å². The fourth-order valence-corrected chi connectivity index (χ4v) is 3.01. The highest BCUT2D eigenvalue weighted by Crippen LogP contribution is 2.27. The Morgan fingerprint density at radius 3 is 2.57 bits per heavy atom. The molecule has 0 aromatic heterocycles. The quantitative estimate of drug-likeness (QED) is 0.574. The summed E-state index contributed by atoms with van der Waals surface area (Å²) < 4.78 is 5.06. The van der Waals surface area contributed by atoms with Crippen LogP contribution >= 0.6 is 0 Å². The third-order valence-corrected chi connectivity index (χ3v) is 4.42. The normalized spacial score (nSPS) is 18.0. The van der Waals surface area contributed by atoms with Crippen molar-refractivity contribution in [3.8, 4) is 5.75 Å². The van der Waals surface area contributed by atoms with Crippen molar-refractivity contribution < 1.29 is 14.6 Å². The van der Waals surface area contributed by atoms with Gasteiger partial charge >= 0.3 is 0 Å². The molecule has 1 aliphatic carbocycles. The molecule has 0 radical (unpaired) electrons. The molecule has 1 aromatic rings. The Labute approximate surface area is 137 Å². The van der Waals surface area contributed by atoms with Crippen molar-refractivity contribution in [3.05, 3.63) is 24.3 Å². The van der Waals surface area contributed by atoms with E-state index >= 15 is 0 Å². The molecule has 128 valence electrons. The summed E-state index contributed by atoms with van der Waals surface area (Å²) in [5, 5.41) is 10.1. The number of ether oxygens (including phenoxy) is 1. The summed E-state index contributed by atoms with van der Waals surface area (Å²) in [7, 11) is 1.59. The van der Waals surface area contributed by atoms with Gasteiger partial charge in [-0.05, 0) is 36.6 Å². The van der Waals surface area contributed by atoms with Crippen molar-refractivity contribution in [2.24, 2.45) is 11.7 Å². The van der Waals surface area contributed by atoms with Gasteiger partial charge in [-0.2, -0.15) is 0 Å². The number of aliphatic hydroxyl groups is 1. The first kappa shape index (κ1) is 17.6. The van der Waals surface area contributed by atoms with E-state index in [2.05, 4.69) is 10.9 Å². The van der Waals surface area contributed by atoms with Gasteiger partial charge in [0.1, 0.15) is 11.9 Å². The topological polar surface area (TPSA) is 96.6 Å². The highest BCUT2D eigenvalue weighted by molar-refractivity contribution is 5.82. The summed E-state index contributed by atoms with van der Waals surface area (Å²) in [6, 6.07) is 6.57. The van der Waals surface area contributed by atoms with Crippen LogP contribution in [0, 0.1) is 5.92 Å². The Kier molecular flexibility index (Phi) is 6.67. The second kappa shape index (κ2) is 8.74. The fraction of sp³-hybridized carbons (Fsp3) is 0.588. The minimum Gasteiger partial charge on any atom is -0.497 e. The summed E-state index contributed by atoms with van der Waals surface area (Å²) in [5.74, 6) is 0.747. The maximum absolute atomic E-state index is 12.0. The lowest BCUT2D eigenvalue weighted by Gasteiger charge is -2.26. The van der Waals surface area contributed by atoms with Crippen LogP contribution in [0.25, 0.3) is 0 Å². The molecule has 0 bridgehead atoms. The van der Waals surface area contributed by atoms with Gasteiger partial charge in [0.15, 0.2) is 0 Å². The zero-order valence-electron chi connectivity index (χ0n) is 13.6. The number of aliphatic hydroxyl groups excluding tert-OH is 1. The van der Waals surface area contributed by atoms with E-state index in [0.717, 1.165) is 18.6 Å². The molecule has 1 aromatic carbocycles. The lowest BCUT2D eigenvalue weighted by molar-refractivity contribution is -0.130. The second-order valence-corrected chi connectivity index (χ2v) is 6.19. The van der Waals surface area contributed by atoms with E-state index in [4.69, 9.17) is 10.5 Å². The molecule has 0 aliphatic heterocycles. The molecule has 0 heterocycles. The molecule has 1 amide bonds. The third kappa shape index (κ3) is 5.41. The van der Waals surface area contributed by atoms with Gasteiger partial charge < -0.3 is 15.6 Å². The van der Waals surface area contributed by atoms with E-state index in [0.29, 0.717) is 18.0 Å². The molecule has 23 heavy (non-hydrogen) atoms. The molecule has 6 nitrogen and oxygen atoms in total. The van der Waals surface area contributed by atoms with Gasteiger partial charge in [-0.25, -0.2) is 0 Å². The smallest absolute Gasteiger partial charge is 0.268 e. The monoisotopic (exact) mass is 321 g/mol. The first-order valence-electron chi connectivity index (χ1n) is 8.23. The fourth-order valence-electron chi connectivity index (χ4n) is 3.01. The van der Waals surface area contributed by atoms with E-state index < -0.39 is 18.1 Å². The summed E-state index contributed by atoms with van der Waals surface area (Å²) in [4.78, 5) is 12.0. The SMILES string of the molecule is COc1ccc(NNC(=O)C(O)C(N)CC2CCCCC2)cc1. The largest absolute Gasteiger partial charge is 0.497 e. The van der Waals surface area contributed by atoms with Crippen molar-refractivity contribution in [2.75, 3.05) is 12.5 Å². The predicted octanol–water partition coefficient (Wildman–Crippen LogP) is 1.80. The zero-order valence-corrected chi connectivity index (χ0v) is 13.6. The number of hydrazine groups is 1. The van der Waals surface area contributed by atoms with Crippen LogP contribution in [0.2, 0.25) is 0 Å². The van der Waals surface area contributed by atoms with Crippen molar-refractivity contribution in [1.29, 1.82) is 0 Å². The number of hydrogen-bond acceptors (Lipinski definition) is 5. The number of carbonyl (C=O) groups is 1. The van der Waals surface area contributed by atoms with Gasteiger partial charge in [-0.3, -0.25) is 15.6 Å². The molecule has 5 N–H and O–H groups in total. The van der Waals surface area contributed by atoms with E-state index in [1.54, 1.807) is 31.4 Å². The summed E-state index contributed by atoms with van der Waals surface area (Å²) in [5.41, 5.74) is 12.0. The van der Waals surface area contributed by atoms with Crippen LogP contribution in [0.15, 0.2) is 24.3 Å². The van der Waals surface area contributed by atoms with Crippen LogP contribution in [0.4, 0.5) is 5.69 Å². The predicted molar refractivity (Wildman–Crippen MR) is 89.9 cm³/mol. The lowest BCUT2D eigenvalue weighted by Crippen LogP contribution is -2.48. The first-order chi connectivity index (χ1) is 11.1. The standard InChI is InChI=1S/C17H27N3O3/c1-23-14-9-7-13(8-10-14)19-20-17(22)16(21)15(18)11-12-5-3-2-4-6-12/h7-10,12,15-16,19,21H,2-6,11,18H2,1H3,(H,20,22). The van der Waals surface area contributed by atoms with Gasteiger partial charge in [0.25, 0.3) is 5.91 Å². The molecule has 1 aliphatic rings. The van der Waals surface area contributed by atoms with Crippen LogP contribution in [-0.4, -0.2) is 30.3 Å². The summed E-state index contributed by atoms with van der Waals surface area (Å²) in [6.45, 7) is 0. The van der Waals surface area contributed by atoms with Crippen molar-refractivity contribution in [3.63, 3.8) is 0 Å². The van der Waals surface area contributed by atoms with Crippen LogP contribution in [-0.2, 0) is 4.79 Å². The molecule has 1 fully saturated rings. The minimum absolute atomic E-state index is 0.510. The van der Waals surface area contributed by atoms with Crippen LogP contribution in [0.1, 0.15) is 38.5 Å². The highest BCUT2D eigenvalue weighted by Gasteiger charge is 2.26. The lowest BCUT2D eigenvalue weighted by atomic mass is 9.84. The zero-order chi connectivity index (χ0) is 16.7. The van der Waals surface area contributed by atoms with Crippen molar-refractivity contribution in [1.82, 2.24) is 5.43 Å². The van der Waals surface area contributed by atoms with E-state index in [9.17, 15) is 9.90 Å². The Morgan fingerprint density at radius 2 is 1.96 bits per heavy atom. The number of benzene rings is 1. The number of nitrogens with two attached hydrogens (primary N) is 1. The number of carbonyl (C=O) groups excluding carboxylic acids is 1. The van der Waals surface area contributed by atoms with E-state index in [1.165, 1.54) is 19.3 Å². The maximum Gasteiger partial charge on any atom is 0.268 e. The number of nitrogens with one attached hydrogen (secondary N) is 2. The molecule has 2 atom stereocenters. The van der Waals surface area contributed by atoms with Gasteiger partial charge in [0.05, 0.1) is 12.8 Å². The average Bonchev–Trinajstić information content (AvgIpc) is 2.60. The van der Waals surface area contributed by atoms with E-state index in [1.807, 2.05) is 0 Å². The van der Waals surface area contributed by atoms with E-state index in [-0.39, 0.29) is 0 Å². The summed E-state index contributed by atoms with van der Waals surface area (Å²) in [6.07, 6.45) is 5.50. The molecular weight excluding hydrogens is 294 g/mol. The van der Waals surface area contributed by atoms with Gasteiger partial charge in [-0.15, -0.1) is 0 Å². The molecule has 6 heteroatoms. The Morgan fingerprint density at radius 1 is 1.30 bits per heavy atom. The van der Waals surface area contributed by atoms with Crippen LogP contribution < -0.4 is 21.3 Å². The number of methoxy groups -OCH3 is 1. The maximum atomic E-state index is 12.0. The number of amides is 1. The van der Waals surface area contributed by atoms with Crippen LogP contribution in [0.5, 0.6) is 5.75 Å². The number of anilines is 1. The average molecular weight is 321 g/mol.